The summed E-state index contributed by atoms with van der Waals surface area (Å²) in [6, 6.07) is 18.5. The molecule has 2 aromatic heterocycles. The molecule has 0 aliphatic carbocycles. The zero-order chi connectivity index (χ0) is 24.1. The van der Waals surface area contributed by atoms with Crippen molar-refractivity contribution in [2.75, 3.05) is 0 Å². The Morgan fingerprint density at radius 3 is 2.47 bits per heavy atom. The monoisotopic (exact) mass is 476 g/mol. The first-order valence-corrected chi connectivity index (χ1v) is 10.8. The molecule has 0 aliphatic rings. The molecule has 0 saturated heterocycles. The predicted octanol–water partition coefficient (Wildman–Crippen LogP) is 4.18. The predicted molar refractivity (Wildman–Crippen MR) is 128 cm³/mol. The van der Waals surface area contributed by atoms with Crippen LogP contribution in [0.1, 0.15) is 35.3 Å². The molecule has 3 N–H and O–H groups in total. The molecular weight excluding hydrogens is 456 g/mol. The van der Waals surface area contributed by atoms with Crippen LogP contribution in [0.2, 0.25) is 5.02 Å². The smallest absolute Gasteiger partial charge is 0.270 e. The number of amides is 3. The first-order valence-electron chi connectivity index (χ1n) is 10.5. The second-order valence-corrected chi connectivity index (χ2v) is 8.00. The number of benzene rings is 2. The Morgan fingerprint density at radius 2 is 1.76 bits per heavy atom. The van der Waals surface area contributed by atoms with E-state index in [9.17, 15) is 14.4 Å². The fourth-order valence-corrected chi connectivity index (χ4v) is 3.66. The molecule has 2 heterocycles. The zero-order valence-electron chi connectivity index (χ0n) is 18.2. The summed E-state index contributed by atoms with van der Waals surface area (Å²) in [5.74, 6) is -0.760. The van der Waals surface area contributed by atoms with Gasteiger partial charge in [0.1, 0.15) is 5.69 Å². The van der Waals surface area contributed by atoms with Gasteiger partial charge in [-0.1, -0.05) is 41.9 Å². The Bertz CT molecular complexity index is 1340. The number of aromatic nitrogens is 1. The summed E-state index contributed by atoms with van der Waals surface area (Å²) in [4.78, 5) is 41.8. The minimum absolute atomic E-state index is 0.0871. The molecule has 0 radical (unpaired) electrons. The van der Waals surface area contributed by atoms with Gasteiger partial charge in [0.2, 0.25) is 11.8 Å². The van der Waals surface area contributed by atoms with E-state index in [1.807, 2.05) is 6.07 Å². The van der Waals surface area contributed by atoms with E-state index in [1.165, 1.54) is 13.2 Å². The number of carbonyl (C=O) groups is 3. The first-order chi connectivity index (χ1) is 16.4. The van der Waals surface area contributed by atoms with Crippen molar-refractivity contribution in [2.45, 2.75) is 19.4 Å². The third kappa shape index (κ3) is 5.41. The van der Waals surface area contributed by atoms with E-state index in [2.05, 4.69) is 21.2 Å². The molecule has 0 bridgehead atoms. The highest BCUT2D eigenvalue weighted by atomic mass is 35.5. The van der Waals surface area contributed by atoms with Gasteiger partial charge in [-0.15, -0.1) is 0 Å². The lowest BCUT2D eigenvalue weighted by molar-refractivity contribution is -0.123. The average Bonchev–Trinajstić information content (AvgIpc) is 3.37. The molecule has 34 heavy (non-hydrogen) atoms. The number of halogens is 1. The minimum Gasteiger partial charge on any atom is -0.463 e. The maximum absolute atomic E-state index is 13.0. The molecule has 3 amide bonds. The lowest BCUT2D eigenvalue weighted by Crippen LogP contribution is -2.43. The molecule has 1 atom stereocenters. The molecule has 0 saturated carbocycles. The highest BCUT2D eigenvalue weighted by Gasteiger charge is 2.19. The van der Waals surface area contributed by atoms with Gasteiger partial charge in [0.05, 0.1) is 29.8 Å². The van der Waals surface area contributed by atoms with Gasteiger partial charge in [0.15, 0.2) is 5.76 Å². The average molecular weight is 477 g/mol. The van der Waals surface area contributed by atoms with Crippen LogP contribution in [0.4, 0.5) is 0 Å². The van der Waals surface area contributed by atoms with Gasteiger partial charge in [0, 0.05) is 17.3 Å². The molecule has 0 spiro atoms. The maximum atomic E-state index is 13.0. The van der Waals surface area contributed by atoms with Gasteiger partial charge < -0.3 is 9.73 Å². The van der Waals surface area contributed by atoms with Crippen molar-refractivity contribution in [2.24, 2.45) is 0 Å². The number of nitrogens with one attached hydrogen (secondary N) is 3. The summed E-state index contributed by atoms with van der Waals surface area (Å²) in [5.41, 5.74) is 7.02. The normalized spacial score (nSPS) is 11.6. The molecule has 8 nitrogen and oxygen atoms in total. The topological polar surface area (TPSA) is 113 Å². The second-order valence-electron chi connectivity index (χ2n) is 7.56. The number of fused-ring (bicyclic) bond motifs is 1. The number of nitrogens with zero attached hydrogens (tertiary/aromatic N) is 1. The third-order valence-corrected chi connectivity index (χ3v) is 5.34. The van der Waals surface area contributed by atoms with E-state index in [0.29, 0.717) is 38.5 Å². The lowest BCUT2D eigenvalue weighted by atomic mass is 10.0. The van der Waals surface area contributed by atoms with Gasteiger partial charge in [0.25, 0.3) is 5.91 Å². The number of pyridine rings is 1. The fraction of sp³-hybridized carbons (Fsp3) is 0.120. The Hall–Kier alpha value is -4.17. The molecular formula is C25H21ClN4O4. The summed E-state index contributed by atoms with van der Waals surface area (Å²) >= 11 is 5.93. The summed E-state index contributed by atoms with van der Waals surface area (Å²) in [6.07, 6.45) is 1.44. The van der Waals surface area contributed by atoms with Crippen LogP contribution in [0.25, 0.3) is 22.4 Å². The fourth-order valence-electron chi connectivity index (χ4n) is 3.54. The van der Waals surface area contributed by atoms with Crippen LogP contribution >= 0.6 is 11.6 Å². The van der Waals surface area contributed by atoms with E-state index in [1.54, 1.807) is 60.7 Å². The Labute approximate surface area is 200 Å². The number of hydrazine groups is 1. The highest BCUT2D eigenvalue weighted by molar-refractivity contribution is 6.30. The molecule has 0 aliphatic heterocycles. The van der Waals surface area contributed by atoms with Crippen molar-refractivity contribution in [3.8, 4) is 11.5 Å². The summed E-state index contributed by atoms with van der Waals surface area (Å²) in [7, 11) is 0. The number of rotatable bonds is 6. The zero-order valence-corrected chi connectivity index (χ0v) is 18.9. The number of hydrogen-bond acceptors (Lipinski definition) is 5. The van der Waals surface area contributed by atoms with Crippen molar-refractivity contribution in [3.05, 3.63) is 89.1 Å². The Morgan fingerprint density at radius 1 is 1.00 bits per heavy atom. The molecule has 4 rings (SSSR count). The van der Waals surface area contributed by atoms with Gasteiger partial charge in [-0.05, 0) is 42.0 Å². The van der Waals surface area contributed by atoms with Crippen molar-refractivity contribution in [3.63, 3.8) is 0 Å². The maximum Gasteiger partial charge on any atom is 0.270 e. The van der Waals surface area contributed by atoms with E-state index >= 15 is 0 Å². The SMILES string of the molecule is CC(=O)NC(CC(=O)NNC(=O)c1cc(-c2ccco2)nc2ccccc12)c1ccc(Cl)cc1. The number of carbonyl (C=O) groups excluding carboxylic acids is 3. The molecule has 1 unspecified atom stereocenters. The van der Waals surface area contributed by atoms with Crippen molar-refractivity contribution >= 4 is 40.2 Å². The van der Waals surface area contributed by atoms with Crippen LogP contribution in [0.5, 0.6) is 0 Å². The third-order valence-electron chi connectivity index (χ3n) is 5.09. The van der Waals surface area contributed by atoms with Crippen molar-refractivity contribution in [1.29, 1.82) is 0 Å². The van der Waals surface area contributed by atoms with Gasteiger partial charge in [-0.25, -0.2) is 4.98 Å². The Balaban J connectivity index is 1.50. The van der Waals surface area contributed by atoms with Gasteiger partial charge >= 0.3 is 0 Å². The van der Waals surface area contributed by atoms with Crippen molar-refractivity contribution in [1.82, 2.24) is 21.2 Å². The Kier molecular flexibility index (Phi) is 6.89. The molecule has 9 heteroatoms. The number of furan rings is 1. The van der Waals surface area contributed by atoms with Crippen molar-refractivity contribution < 1.29 is 18.8 Å². The van der Waals surface area contributed by atoms with Gasteiger partial charge in [-0.2, -0.15) is 0 Å². The lowest BCUT2D eigenvalue weighted by Gasteiger charge is -2.18. The van der Waals surface area contributed by atoms with Crippen LogP contribution in [0, 0.1) is 0 Å². The van der Waals surface area contributed by atoms with E-state index in [4.69, 9.17) is 16.0 Å². The van der Waals surface area contributed by atoms with Crippen LogP contribution in [0.15, 0.2) is 77.4 Å². The van der Waals surface area contributed by atoms with Crippen LogP contribution in [-0.2, 0) is 9.59 Å². The van der Waals surface area contributed by atoms with Crippen LogP contribution in [-0.4, -0.2) is 22.7 Å². The summed E-state index contributed by atoms with van der Waals surface area (Å²) in [6.45, 7) is 1.37. The quantitative estimate of drug-likeness (QED) is 0.361. The van der Waals surface area contributed by atoms with Crippen LogP contribution < -0.4 is 16.2 Å². The van der Waals surface area contributed by atoms with Gasteiger partial charge in [-0.3, -0.25) is 25.2 Å². The second kappa shape index (κ2) is 10.2. The van der Waals surface area contributed by atoms with E-state index < -0.39 is 17.9 Å². The standard InChI is InChI=1S/C25H21ClN4O4/c1-15(31)27-21(16-8-10-17(26)11-9-16)14-24(32)29-30-25(33)19-13-22(23-7-4-12-34-23)28-20-6-3-2-5-18(19)20/h2-13,21H,14H2,1H3,(H,27,31)(H,29,32)(H,30,33). The van der Waals surface area contributed by atoms with E-state index in [-0.39, 0.29) is 12.3 Å². The molecule has 0 fully saturated rings. The molecule has 172 valence electrons. The van der Waals surface area contributed by atoms with E-state index in [0.717, 1.165) is 0 Å². The number of para-hydroxylation sites is 1. The van der Waals surface area contributed by atoms with Crippen LogP contribution in [0.3, 0.4) is 0 Å². The minimum atomic E-state index is -0.584. The summed E-state index contributed by atoms with van der Waals surface area (Å²) in [5, 5.41) is 3.91. The molecule has 2 aromatic carbocycles. The largest absolute Gasteiger partial charge is 0.463 e. The highest BCUT2D eigenvalue weighted by Crippen LogP contribution is 2.25. The summed E-state index contributed by atoms with van der Waals surface area (Å²) < 4.78 is 5.42. The number of hydrogen-bond donors (Lipinski definition) is 3. The first kappa shape index (κ1) is 23.0. The molecule has 4 aromatic rings.